The molecule has 9 nitrogen and oxygen atoms in total. The number of pyridine rings is 1. The Morgan fingerprint density at radius 3 is 2.46 bits per heavy atom. The number of aromatic amines is 2. The van der Waals surface area contributed by atoms with Gasteiger partial charge in [0.15, 0.2) is 5.65 Å². The first-order chi connectivity index (χ1) is 17.4. The number of aromatic nitrogens is 4. The Labute approximate surface area is 210 Å². The van der Waals surface area contributed by atoms with Gasteiger partial charge in [0.05, 0.1) is 11.6 Å². The molecule has 0 saturated heterocycles. The van der Waals surface area contributed by atoms with Gasteiger partial charge in [0.1, 0.15) is 11.6 Å². The van der Waals surface area contributed by atoms with Crippen LogP contribution in [0.25, 0.3) is 33.3 Å². The van der Waals surface area contributed by atoms with Crippen molar-refractivity contribution >= 4 is 33.9 Å². The average molecular weight is 519 g/mol. The molecule has 0 radical (unpaired) electrons. The van der Waals surface area contributed by atoms with Crippen molar-refractivity contribution in [2.24, 2.45) is 0 Å². The second-order valence-corrected chi connectivity index (χ2v) is 9.40. The standard InChI is InChI=1S/C23H28N6O.C2HF3O2/c1-13-25-22-18(11-21(24)28-23(22)26-13)20-10-15-9-14(3-8-19(15)27-20)12-29(2)16-4-6-17(30)7-5-16;3-2(4,5)1(6)7/h3,8-11,16-17,27,30H,4-7,12H2,1-2H3,(H3,24,25,26,28);(H,6,7). The normalized spacial score (nSPS) is 18.2. The van der Waals surface area contributed by atoms with Gasteiger partial charge in [0, 0.05) is 34.7 Å². The highest BCUT2D eigenvalue weighted by Gasteiger charge is 2.38. The van der Waals surface area contributed by atoms with E-state index in [1.165, 1.54) is 10.9 Å². The lowest BCUT2D eigenvalue weighted by molar-refractivity contribution is -0.192. The zero-order valence-corrected chi connectivity index (χ0v) is 20.4. The van der Waals surface area contributed by atoms with E-state index in [2.05, 4.69) is 56.1 Å². The molecule has 0 amide bonds. The number of nitrogen functional groups attached to an aromatic ring is 1. The molecule has 3 aromatic heterocycles. The average Bonchev–Trinajstić information content (AvgIpc) is 3.40. The number of benzene rings is 1. The Morgan fingerprint density at radius 2 is 1.81 bits per heavy atom. The summed E-state index contributed by atoms with van der Waals surface area (Å²) in [7, 11) is 2.19. The number of nitrogens with two attached hydrogens (primary N) is 1. The highest BCUT2D eigenvalue weighted by atomic mass is 19.4. The molecule has 1 aliphatic carbocycles. The SMILES string of the molecule is Cc1nc2nc(N)cc(-c3cc4cc(CN(C)C5CCC(O)CC5)ccc4[nH]3)c2[nH]1.O=C(O)C(F)(F)F. The van der Waals surface area contributed by atoms with Crippen LogP contribution < -0.4 is 5.73 Å². The quantitative estimate of drug-likeness (QED) is 0.270. The molecule has 6 N–H and O–H groups in total. The number of halogens is 3. The first-order valence-corrected chi connectivity index (χ1v) is 11.8. The number of alkyl halides is 3. The molecular weight excluding hydrogens is 489 g/mol. The maximum Gasteiger partial charge on any atom is 0.490 e. The maximum absolute atomic E-state index is 10.6. The summed E-state index contributed by atoms with van der Waals surface area (Å²) in [6.45, 7) is 2.83. The minimum atomic E-state index is -5.08. The van der Waals surface area contributed by atoms with E-state index in [0.717, 1.165) is 60.3 Å². The number of aliphatic hydroxyl groups excluding tert-OH is 1. The molecule has 0 atom stereocenters. The van der Waals surface area contributed by atoms with Crippen molar-refractivity contribution in [3.63, 3.8) is 0 Å². The van der Waals surface area contributed by atoms with Gasteiger partial charge in [0.2, 0.25) is 0 Å². The molecule has 0 aliphatic heterocycles. The van der Waals surface area contributed by atoms with E-state index in [1.54, 1.807) is 0 Å². The molecule has 198 valence electrons. The van der Waals surface area contributed by atoms with Crippen LogP contribution in [0.5, 0.6) is 0 Å². The van der Waals surface area contributed by atoms with Gasteiger partial charge in [-0.2, -0.15) is 13.2 Å². The van der Waals surface area contributed by atoms with Gasteiger partial charge in [-0.25, -0.2) is 14.8 Å². The van der Waals surface area contributed by atoms with Crippen molar-refractivity contribution in [3.05, 3.63) is 41.7 Å². The molecule has 5 rings (SSSR count). The number of H-pyrrole nitrogens is 2. The van der Waals surface area contributed by atoms with Crippen LogP contribution in [0.2, 0.25) is 0 Å². The highest BCUT2D eigenvalue weighted by molar-refractivity contribution is 5.95. The topological polar surface area (TPSA) is 144 Å². The number of carboxylic acid groups (broad SMARTS) is 1. The number of nitrogens with zero attached hydrogens (tertiary/aromatic N) is 3. The van der Waals surface area contributed by atoms with Gasteiger partial charge in [-0.3, -0.25) is 4.90 Å². The number of aliphatic hydroxyl groups is 1. The maximum atomic E-state index is 10.6. The third-order valence-electron chi connectivity index (χ3n) is 6.54. The number of aliphatic carboxylic acids is 1. The number of aryl methyl sites for hydroxylation is 1. The van der Waals surface area contributed by atoms with E-state index in [0.29, 0.717) is 17.5 Å². The predicted octanol–water partition coefficient (Wildman–Crippen LogP) is 4.37. The molecule has 12 heteroatoms. The Balaban J connectivity index is 0.000000405. The van der Waals surface area contributed by atoms with Crippen molar-refractivity contribution in [2.75, 3.05) is 12.8 Å². The summed E-state index contributed by atoms with van der Waals surface area (Å²) in [6, 6.07) is 11.2. The zero-order valence-electron chi connectivity index (χ0n) is 20.4. The highest BCUT2D eigenvalue weighted by Crippen LogP contribution is 2.31. The third-order valence-corrected chi connectivity index (χ3v) is 6.54. The Morgan fingerprint density at radius 1 is 1.14 bits per heavy atom. The Hall–Kier alpha value is -3.64. The molecule has 4 aromatic rings. The number of carboxylic acids is 1. The third kappa shape index (κ3) is 6.20. The van der Waals surface area contributed by atoms with Crippen LogP contribution in [0.4, 0.5) is 19.0 Å². The zero-order chi connectivity index (χ0) is 26.9. The van der Waals surface area contributed by atoms with Gasteiger partial charge in [-0.05, 0) is 69.5 Å². The van der Waals surface area contributed by atoms with Gasteiger partial charge >= 0.3 is 12.1 Å². The number of hydrogen-bond acceptors (Lipinski definition) is 6. The second-order valence-electron chi connectivity index (χ2n) is 9.40. The molecule has 1 saturated carbocycles. The fourth-order valence-corrected chi connectivity index (χ4v) is 4.68. The second kappa shape index (κ2) is 10.4. The van der Waals surface area contributed by atoms with Crippen LogP contribution in [0.3, 0.4) is 0 Å². The smallest absolute Gasteiger partial charge is 0.475 e. The van der Waals surface area contributed by atoms with E-state index in [9.17, 15) is 18.3 Å². The van der Waals surface area contributed by atoms with Gasteiger partial charge in [-0.1, -0.05) is 6.07 Å². The molecule has 1 aliphatic rings. The summed E-state index contributed by atoms with van der Waals surface area (Å²) in [4.78, 5) is 26.9. The number of rotatable bonds is 4. The van der Waals surface area contributed by atoms with Crippen molar-refractivity contribution in [1.29, 1.82) is 0 Å². The first-order valence-electron chi connectivity index (χ1n) is 11.8. The van der Waals surface area contributed by atoms with Gasteiger partial charge in [-0.15, -0.1) is 0 Å². The molecule has 37 heavy (non-hydrogen) atoms. The number of fused-ring (bicyclic) bond motifs is 2. The summed E-state index contributed by atoms with van der Waals surface area (Å²) >= 11 is 0. The van der Waals surface area contributed by atoms with Gasteiger partial charge in [0.25, 0.3) is 0 Å². The molecule has 0 unspecified atom stereocenters. The lowest BCUT2D eigenvalue weighted by Crippen LogP contribution is -2.35. The van der Waals surface area contributed by atoms with Crippen LogP contribution in [0.15, 0.2) is 30.3 Å². The first kappa shape index (κ1) is 26.4. The van der Waals surface area contributed by atoms with Gasteiger partial charge < -0.3 is 25.9 Å². The van der Waals surface area contributed by atoms with E-state index >= 15 is 0 Å². The van der Waals surface area contributed by atoms with Crippen molar-refractivity contribution in [3.8, 4) is 11.3 Å². The van der Waals surface area contributed by atoms with Crippen molar-refractivity contribution < 1.29 is 28.2 Å². The molecule has 1 aromatic carbocycles. The lowest BCUT2D eigenvalue weighted by atomic mass is 9.92. The van der Waals surface area contributed by atoms with Crippen molar-refractivity contribution in [1.82, 2.24) is 24.8 Å². The Kier molecular flexibility index (Phi) is 7.42. The fourth-order valence-electron chi connectivity index (χ4n) is 4.68. The van der Waals surface area contributed by atoms with Crippen LogP contribution in [0, 0.1) is 6.92 Å². The van der Waals surface area contributed by atoms with Crippen LogP contribution in [-0.4, -0.2) is 66.4 Å². The van der Waals surface area contributed by atoms with Crippen LogP contribution in [0.1, 0.15) is 37.1 Å². The Bertz CT molecular complexity index is 1410. The minimum absolute atomic E-state index is 0.114. The number of nitrogens with one attached hydrogen (secondary N) is 2. The van der Waals surface area contributed by atoms with E-state index < -0.39 is 12.1 Å². The number of hydrogen-bond donors (Lipinski definition) is 5. The van der Waals surface area contributed by atoms with E-state index in [-0.39, 0.29) is 6.10 Å². The largest absolute Gasteiger partial charge is 0.490 e. The summed E-state index contributed by atoms with van der Waals surface area (Å²) in [5.74, 6) is -1.48. The minimum Gasteiger partial charge on any atom is -0.475 e. The van der Waals surface area contributed by atoms with E-state index in [1.807, 2.05) is 13.0 Å². The number of carbonyl (C=O) groups is 1. The number of imidazole rings is 1. The molecule has 0 bridgehead atoms. The summed E-state index contributed by atoms with van der Waals surface area (Å²) < 4.78 is 31.7. The summed E-state index contributed by atoms with van der Waals surface area (Å²) in [6.07, 6.45) is -1.25. The van der Waals surface area contributed by atoms with Crippen LogP contribution in [-0.2, 0) is 11.3 Å². The summed E-state index contributed by atoms with van der Waals surface area (Å²) in [5.41, 5.74) is 11.9. The lowest BCUT2D eigenvalue weighted by Gasteiger charge is -2.33. The van der Waals surface area contributed by atoms with E-state index in [4.69, 9.17) is 15.6 Å². The predicted molar refractivity (Wildman–Crippen MR) is 134 cm³/mol. The van der Waals surface area contributed by atoms with Crippen molar-refractivity contribution in [2.45, 2.75) is 57.5 Å². The summed E-state index contributed by atoms with van der Waals surface area (Å²) in [5, 5.41) is 18.1. The molecular formula is C25H29F3N6O3. The molecule has 1 fully saturated rings. The molecule has 3 heterocycles. The van der Waals surface area contributed by atoms with Crippen LogP contribution >= 0.6 is 0 Å². The monoisotopic (exact) mass is 518 g/mol. The fraction of sp³-hybridized carbons (Fsp3) is 0.400. The number of anilines is 1. The molecule has 0 spiro atoms.